The fourth-order valence-corrected chi connectivity index (χ4v) is 3.44. The molecule has 0 saturated carbocycles. The van der Waals surface area contributed by atoms with Gasteiger partial charge >= 0.3 is 0 Å². The number of likely N-dealkylation sites (tertiary alicyclic amines) is 1. The molecule has 2 aromatic heterocycles. The van der Waals surface area contributed by atoms with Crippen LogP contribution < -0.4 is 16.0 Å². The lowest BCUT2D eigenvalue weighted by Gasteiger charge is -2.33. The molecular weight excluding hydrogens is 495 g/mol. The van der Waals surface area contributed by atoms with Gasteiger partial charge < -0.3 is 20.4 Å². The molecule has 0 spiro atoms. The summed E-state index contributed by atoms with van der Waals surface area (Å²) >= 11 is 0. The maximum Gasteiger partial charge on any atom is 0.246 e. The summed E-state index contributed by atoms with van der Waals surface area (Å²) in [5.74, 6) is 1.38. The summed E-state index contributed by atoms with van der Waals surface area (Å²) in [7, 11) is 0. The number of anilines is 1. The fraction of sp³-hybridized carbons (Fsp3) is 0.476. The molecule has 1 saturated heterocycles. The molecule has 2 aromatic rings. The number of carbonyl (C=O) groups is 1. The first kappa shape index (κ1) is 24.1. The van der Waals surface area contributed by atoms with E-state index in [1.165, 1.54) is 19.3 Å². The Bertz CT molecular complexity index is 763. The molecule has 3 rings (SSSR count). The number of halogens is 1. The number of furan rings is 1. The Hall–Kier alpha value is -2.14. The third-order valence-corrected chi connectivity index (χ3v) is 4.84. The maximum atomic E-state index is 12.2. The van der Waals surface area contributed by atoms with Crippen LogP contribution in [-0.2, 0) is 4.79 Å². The number of rotatable bonds is 8. The van der Waals surface area contributed by atoms with E-state index in [2.05, 4.69) is 30.8 Å². The van der Waals surface area contributed by atoms with Crippen LogP contribution in [0.4, 0.5) is 5.69 Å². The highest BCUT2D eigenvalue weighted by molar-refractivity contribution is 14.0. The van der Waals surface area contributed by atoms with Crippen LogP contribution in [0.5, 0.6) is 0 Å². The van der Waals surface area contributed by atoms with Gasteiger partial charge in [-0.25, -0.2) is 4.99 Å². The quantitative estimate of drug-likeness (QED) is 0.278. The third kappa shape index (κ3) is 7.60. The predicted octanol–water partition coefficient (Wildman–Crippen LogP) is 3.01. The van der Waals surface area contributed by atoms with Gasteiger partial charge in [0.15, 0.2) is 5.96 Å². The molecule has 8 nitrogen and oxygen atoms in total. The minimum Gasteiger partial charge on any atom is -0.468 e. The van der Waals surface area contributed by atoms with Crippen molar-refractivity contribution in [3.63, 3.8) is 0 Å². The van der Waals surface area contributed by atoms with Crippen molar-refractivity contribution in [3.8, 4) is 0 Å². The highest BCUT2D eigenvalue weighted by atomic mass is 127. The molecule has 1 aliphatic rings. The summed E-state index contributed by atoms with van der Waals surface area (Å²) in [6.45, 7) is 5.53. The molecule has 164 valence electrons. The normalized spacial score (nSPS) is 15.7. The average molecular weight is 526 g/mol. The summed E-state index contributed by atoms with van der Waals surface area (Å²) in [5.41, 5.74) is 0.661. The average Bonchev–Trinajstić information content (AvgIpc) is 3.28. The third-order valence-electron chi connectivity index (χ3n) is 4.84. The van der Waals surface area contributed by atoms with Crippen molar-refractivity contribution in [2.45, 2.75) is 32.2 Å². The van der Waals surface area contributed by atoms with Crippen molar-refractivity contribution >= 4 is 41.5 Å². The van der Waals surface area contributed by atoms with Gasteiger partial charge in [0.2, 0.25) is 5.91 Å². The monoisotopic (exact) mass is 526 g/mol. The van der Waals surface area contributed by atoms with E-state index in [4.69, 9.17) is 4.42 Å². The summed E-state index contributed by atoms with van der Waals surface area (Å²) in [5, 5.41) is 9.36. The number of guanidine groups is 1. The second-order valence-electron chi connectivity index (χ2n) is 6.99. The molecule has 0 bridgehead atoms. The number of hydrogen-bond donors (Lipinski definition) is 3. The molecule has 1 fully saturated rings. The van der Waals surface area contributed by atoms with E-state index in [0.717, 1.165) is 18.8 Å². The molecule has 0 aromatic carbocycles. The maximum absolute atomic E-state index is 12.2. The molecule has 9 heteroatoms. The van der Waals surface area contributed by atoms with Gasteiger partial charge in [-0.05, 0) is 57.1 Å². The van der Waals surface area contributed by atoms with Crippen molar-refractivity contribution in [1.82, 2.24) is 20.5 Å². The number of amides is 1. The minimum absolute atomic E-state index is 0. The molecule has 30 heavy (non-hydrogen) atoms. The van der Waals surface area contributed by atoms with Crippen LogP contribution in [0.15, 0.2) is 52.3 Å². The summed E-state index contributed by atoms with van der Waals surface area (Å²) in [6, 6.07) is 7.66. The van der Waals surface area contributed by atoms with Crippen molar-refractivity contribution < 1.29 is 9.21 Å². The lowest BCUT2D eigenvalue weighted by molar-refractivity contribution is -0.114. The van der Waals surface area contributed by atoms with E-state index in [-0.39, 0.29) is 42.5 Å². The van der Waals surface area contributed by atoms with Gasteiger partial charge in [-0.15, -0.1) is 24.0 Å². The number of hydrogen-bond acceptors (Lipinski definition) is 5. The van der Waals surface area contributed by atoms with E-state index in [9.17, 15) is 4.79 Å². The molecular formula is C21H31IN6O2. The Morgan fingerprint density at radius 3 is 2.73 bits per heavy atom. The van der Waals surface area contributed by atoms with Gasteiger partial charge in [-0.3, -0.25) is 14.7 Å². The zero-order chi connectivity index (χ0) is 20.3. The van der Waals surface area contributed by atoms with Gasteiger partial charge in [0.25, 0.3) is 0 Å². The van der Waals surface area contributed by atoms with Crippen LogP contribution in [0.2, 0.25) is 0 Å². The Labute approximate surface area is 194 Å². The van der Waals surface area contributed by atoms with Gasteiger partial charge in [0.1, 0.15) is 12.3 Å². The van der Waals surface area contributed by atoms with Crippen LogP contribution >= 0.6 is 24.0 Å². The SMILES string of the molecule is CCNC(=NCC(=O)Nc1cccnc1)NCC(c1ccco1)N1CCCCC1.I. The second kappa shape index (κ2) is 13.2. The van der Waals surface area contributed by atoms with Gasteiger partial charge in [-0.1, -0.05) is 6.42 Å². The molecule has 1 atom stereocenters. The number of carbonyl (C=O) groups excluding carboxylic acids is 1. The first-order chi connectivity index (χ1) is 14.3. The number of pyridine rings is 1. The van der Waals surface area contributed by atoms with Crippen molar-refractivity contribution in [2.24, 2.45) is 4.99 Å². The summed E-state index contributed by atoms with van der Waals surface area (Å²) in [6.07, 6.45) is 8.69. The number of aliphatic imine (C=N–C) groups is 1. The van der Waals surface area contributed by atoms with Crippen molar-refractivity contribution in [1.29, 1.82) is 0 Å². The number of nitrogens with zero attached hydrogens (tertiary/aromatic N) is 3. The molecule has 3 heterocycles. The Morgan fingerprint density at radius 2 is 2.07 bits per heavy atom. The number of piperidine rings is 1. The minimum atomic E-state index is -0.186. The largest absolute Gasteiger partial charge is 0.468 e. The molecule has 1 amide bonds. The second-order valence-corrected chi connectivity index (χ2v) is 6.99. The Morgan fingerprint density at radius 1 is 1.23 bits per heavy atom. The van der Waals surface area contributed by atoms with Gasteiger partial charge in [-0.2, -0.15) is 0 Å². The first-order valence-corrected chi connectivity index (χ1v) is 10.3. The van der Waals surface area contributed by atoms with Gasteiger partial charge in [0.05, 0.1) is 24.2 Å². The zero-order valence-electron chi connectivity index (χ0n) is 17.3. The lowest BCUT2D eigenvalue weighted by atomic mass is 10.1. The first-order valence-electron chi connectivity index (χ1n) is 10.3. The number of nitrogens with one attached hydrogen (secondary N) is 3. The molecule has 1 aliphatic heterocycles. The van der Waals surface area contributed by atoms with Crippen molar-refractivity contribution in [2.75, 3.05) is 38.0 Å². The van der Waals surface area contributed by atoms with E-state index < -0.39 is 0 Å². The van der Waals surface area contributed by atoms with E-state index in [1.807, 2.05) is 19.1 Å². The van der Waals surface area contributed by atoms with Crippen LogP contribution in [0.25, 0.3) is 0 Å². The van der Waals surface area contributed by atoms with Crippen LogP contribution in [0.3, 0.4) is 0 Å². The highest BCUT2D eigenvalue weighted by Crippen LogP contribution is 2.24. The topological polar surface area (TPSA) is 94.8 Å². The predicted molar refractivity (Wildman–Crippen MR) is 129 cm³/mol. The van der Waals surface area contributed by atoms with Gasteiger partial charge in [0, 0.05) is 19.3 Å². The highest BCUT2D eigenvalue weighted by Gasteiger charge is 2.24. The van der Waals surface area contributed by atoms with E-state index >= 15 is 0 Å². The fourth-order valence-electron chi connectivity index (χ4n) is 3.44. The molecule has 3 N–H and O–H groups in total. The lowest BCUT2D eigenvalue weighted by Crippen LogP contribution is -2.44. The summed E-state index contributed by atoms with van der Waals surface area (Å²) < 4.78 is 5.69. The smallest absolute Gasteiger partial charge is 0.246 e. The van der Waals surface area contributed by atoms with Crippen LogP contribution in [0.1, 0.15) is 38.0 Å². The molecule has 0 aliphatic carbocycles. The van der Waals surface area contributed by atoms with E-state index in [1.54, 1.807) is 30.8 Å². The van der Waals surface area contributed by atoms with Crippen LogP contribution in [0, 0.1) is 0 Å². The Balaban J connectivity index is 0.00000320. The standard InChI is InChI=1S/C21H30N6O2.HI/c1-2-23-21(25-16-20(28)26-17-8-6-10-22-14-17)24-15-18(19-9-7-13-29-19)27-11-4-3-5-12-27;/h6-10,13-14,18H,2-5,11-12,15-16H2,1H3,(H,26,28)(H2,23,24,25);1H. The van der Waals surface area contributed by atoms with Crippen molar-refractivity contribution in [3.05, 3.63) is 48.7 Å². The summed E-state index contributed by atoms with van der Waals surface area (Å²) in [4.78, 5) is 23.0. The number of aromatic nitrogens is 1. The van der Waals surface area contributed by atoms with Crippen LogP contribution in [-0.4, -0.2) is 54.5 Å². The van der Waals surface area contributed by atoms with E-state index in [0.29, 0.717) is 24.7 Å². The Kier molecular flexibility index (Phi) is 10.6. The molecule has 0 radical (unpaired) electrons. The zero-order valence-corrected chi connectivity index (χ0v) is 19.7. The molecule has 1 unspecified atom stereocenters.